The van der Waals surface area contributed by atoms with Crippen molar-refractivity contribution in [1.29, 1.82) is 0 Å². The Morgan fingerprint density at radius 1 is 1.56 bits per heavy atom. The van der Waals surface area contributed by atoms with Gasteiger partial charge in [-0.2, -0.15) is 0 Å². The standard InChI is InChI=1S/C13H16FNO3/c14-11-3-1-2-10(6-11)7-13(17)15-4-5-18-9-12(15)8-16/h1-3,6,12,16H,4-5,7-9H2. The summed E-state index contributed by atoms with van der Waals surface area (Å²) in [4.78, 5) is 13.7. The van der Waals surface area contributed by atoms with Gasteiger partial charge in [0, 0.05) is 6.54 Å². The average Bonchev–Trinajstić information content (AvgIpc) is 2.38. The van der Waals surface area contributed by atoms with E-state index in [1.807, 2.05) is 0 Å². The maximum absolute atomic E-state index is 13.0. The molecule has 0 bridgehead atoms. The Kier molecular flexibility index (Phi) is 4.28. The van der Waals surface area contributed by atoms with Gasteiger partial charge in [-0.3, -0.25) is 4.79 Å². The molecule has 1 aliphatic rings. The van der Waals surface area contributed by atoms with Gasteiger partial charge in [-0.25, -0.2) is 4.39 Å². The largest absolute Gasteiger partial charge is 0.394 e. The Labute approximate surface area is 105 Å². The Balaban J connectivity index is 2.02. The van der Waals surface area contributed by atoms with Crippen LogP contribution >= 0.6 is 0 Å². The molecule has 1 fully saturated rings. The third-order valence-electron chi connectivity index (χ3n) is 3.00. The Morgan fingerprint density at radius 2 is 2.39 bits per heavy atom. The summed E-state index contributed by atoms with van der Waals surface area (Å²) in [5.41, 5.74) is 0.642. The predicted molar refractivity (Wildman–Crippen MR) is 63.5 cm³/mol. The molecule has 1 unspecified atom stereocenters. The van der Waals surface area contributed by atoms with Gasteiger partial charge < -0.3 is 14.7 Å². The third-order valence-corrected chi connectivity index (χ3v) is 3.00. The Hall–Kier alpha value is -1.46. The number of hydrogen-bond acceptors (Lipinski definition) is 3. The number of amides is 1. The molecule has 1 amide bonds. The van der Waals surface area contributed by atoms with Crippen molar-refractivity contribution in [3.05, 3.63) is 35.6 Å². The molecule has 1 heterocycles. The lowest BCUT2D eigenvalue weighted by molar-refractivity contribution is -0.140. The van der Waals surface area contributed by atoms with Crippen molar-refractivity contribution in [1.82, 2.24) is 4.90 Å². The van der Waals surface area contributed by atoms with E-state index in [1.165, 1.54) is 12.1 Å². The van der Waals surface area contributed by atoms with Crippen molar-refractivity contribution in [3.8, 4) is 0 Å². The van der Waals surface area contributed by atoms with E-state index in [0.29, 0.717) is 25.3 Å². The summed E-state index contributed by atoms with van der Waals surface area (Å²) >= 11 is 0. The molecular formula is C13H16FNO3. The molecule has 0 spiro atoms. The smallest absolute Gasteiger partial charge is 0.227 e. The third kappa shape index (κ3) is 3.05. The fourth-order valence-electron chi connectivity index (χ4n) is 2.06. The summed E-state index contributed by atoms with van der Waals surface area (Å²) in [6.07, 6.45) is 0.147. The number of carbonyl (C=O) groups excluding carboxylic acids is 1. The molecule has 1 atom stereocenters. The minimum absolute atomic E-state index is 0.108. The molecular weight excluding hydrogens is 237 g/mol. The molecule has 0 saturated carbocycles. The summed E-state index contributed by atoms with van der Waals surface area (Å²) in [7, 11) is 0. The lowest BCUT2D eigenvalue weighted by Gasteiger charge is -2.34. The van der Waals surface area contributed by atoms with E-state index in [4.69, 9.17) is 4.74 Å². The van der Waals surface area contributed by atoms with E-state index >= 15 is 0 Å². The molecule has 98 valence electrons. The van der Waals surface area contributed by atoms with Crippen LogP contribution < -0.4 is 0 Å². The Bertz CT molecular complexity index is 424. The van der Waals surface area contributed by atoms with Crippen LogP contribution in [-0.2, 0) is 16.0 Å². The number of nitrogens with zero attached hydrogens (tertiary/aromatic N) is 1. The first kappa shape index (κ1) is 13.0. The van der Waals surface area contributed by atoms with Crippen LogP contribution in [0.4, 0.5) is 4.39 Å². The summed E-state index contributed by atoms with van der Waals surface area (Å²) in [6.45, 7) is 1.19. The zero-order valence-electron chi connectivity index (χ0n) is 10.0. The number of aliphatic hydroxyl groups excluding tert-OH is 1. The normalized spacial score (nSPS) is 19.9. The number of hydrogen-bond donors (Lipinski definition) is 1. The highest BCUT2D eigenvalue weighted by Crippen LogP contribution is 2.11. The molecule has 18 heavy (non-hydrogen) atoms. The highest BCUT2D eigenvalue weighted by Gasteiger charge is 2.26. The first-order valence-corrected chi connectivity index (χ1v) is 5.93. The topological polar surface area (TPSA) is 49.8 Å². The molecule has 1 saturated heterocycles. The van der Waals surface area contributed by atoms with Crippen molar-refractivity contribution < 1.29 is 19.0 Å². The van der Waals surface area contributed by atoms with Gasteiger partial charge in [0.25, 0.3) is 0 Å². The molecule has 1 aromatic carbocycles. The number of rotatable bonds is 3. The summed E-state index contributed by atoms with van der Waals surface area (Å²) in [6, 6.07) is 5.71. The molecule has 4 nitrogen and oxygen atoms in total. The number of carbonyl (C=O) groups is 1. The van der Waals surface area contributed by atoms with Crippen LogP contribution in [-0.4, -0.2) is 48.3 Å². The average molecular weight is 253 g/mol. The number of aliphatic hydroxyl groups is 1. The van der Waals surface area contributed by atoms with Crippen LogP contribution in [0.15, 0.2) is 24.3 Å². The van der Waals surface area contributed by atoms with Crippen molar-refractivity contribution in [2.75, 3.05) is 26.4 Å². The molecule has 0 radical (unpaired) electrons. The quantitative estimate of drug-likeness (QED) is 0.857. The van der Waals surface area contributed by atoms with E-state index in [-0.39, 0.29) is 30.8 Å². The SMILES string of the molecule is O=C(Cc1cccc(F)c1)N1CCOCC1CO. The maximum atomic E-state index is 13.0. The van der Waals surface area contributed by atoms with E-state index in [1.54, 1.807) is 17.0 Å². The van der Waals surface area contributed by atoms with Crippen LogP contribution in [0.25, 0.3) is 0 Å². The van der Waals surface area contributed by atoms with Crippen molar-refractivity contribution in [2.24, 2.45) is 0 Å². The fourth-order valence-corrected chi connectivity index (χ4v) is 2.06. The van der Waals surface area contributed by atoms with E-state index in [2.05, 4.69) is 0 Å². The van der Waals surface area contributed by atoms with E-state index in [9.17, 15) is 14.3 Å². The van der Waals surface area contributed by atoms with Crippen molar-refractivity contribution in [2.45, 2.75) is 12.5 Å². The number of ether oxygens (including phenoxy) is 1. The molecule has 0 aliphatic carbocycles. The molecule has 2 rings (SSSR count). The first-order valence-electron chi connectivity index (χ1n) is 5.93. The number of morpholine rings is 1. The van der Waals surface area contributed by atoms with Crippen molar-refractivity contribution >= 4 is 5.91 Å². The van der Waals surface area contributed by atoms with E-state index < -0.39 is 0 Å². The summed E-state index contributed by atoms with van der Waals surface area (Å²) in [5, 5.41) is 9.19. The minimum atomic E-state index is -0.346. The number of benzene rings is 1. The van der Waals surface area contributed by atoms with Crippen LogP contribution in [0.1, 0.15) is 5.56 Å². The van der Waals surface area contributed by atoms with Gasteiger partial charge in [-0.1, -0.05) is 12.1 Å². The second kappa shape index (κ2) is 5.93. The van der Waals surface area contributed by atoms with E-state index in [0.717, 1.165) is 0 Å². The van der Waals surface area contributed by atoms with Gasteiger partial charge in [0.2, 0.25) is 5.91 Å². The predicted octanol–water partition coefficient (Wildman–Crippen LogP) is 0.588. The maximum Gasteiger partial charge on any atom is 0.227 e. The number of halogens is 1. The van der Waals surface area contributed by atoms with Gasteiger partial charge in [0.05, 0.1) is 32.3 Å². The Morgan fingerprint density at radius 3 is 3.11 bits per heavy atom. The zero-order chi connectivity index (χ0) is 13.0. The molecule has 5 heteroatoms. The second-order valence-corrected chi connectivity index (χ2v) is 4.31. The fraction of sp³-hybridized carbons (Fsp3) is 0.462. The highest BCUT2D eigenvalue weighted by atomic mass is 19.1. The van der Waals surface area contributed by atoms with Gasteiger partial charge >= 0.3 is 0 Å². The van der Waals surface area contributed by atoms with Gasteiger partial charge in [0.15, 0.2) is 0 Å². The van der Waals surface area contributed by atoms with Crippen LogP contribution in [0.3, 0.4) is 0 Å². The molecule has 1 aliphatic heterocycles. The lowest BCUT2D eigenvalue weighted by Crippen LogP contribution is -2.51. The lowest BCUT2D eigenvalue weighted by atomic mass is 10.1. The highest BCUT2D eigenvalue weighted by molar-refractivity contribution is 5.79. The van der Waals surface area contributed by atoms with Crippen LogP contribution in [0, 0.1) is 5.82 Å². The van der Waals surface area contributed by atoms with Crippen LogP contribution in [0.5, 0.6) is 0 Å². The van der Waals surface area contributed by atoms with Gasteiger partial charge in [-0.15, -0.1) is 0 Å². The molecule has 1 N–H and O–H groups in total. The van der Waals surface area contributed by atoms with Crippen LogP contribution in [0.2, 0.25) is 0 Å². The first-order chi connectivity index (χ1) is 8.70. The summed E-state index contributed by atoms with van der Waals surface area (Å²) in [5.74, 6) is -0.455. The zero-order valence-corrected chi connectivity index (χ0v) is 10.0. The molecule has 1 aromatic rings. The summed E-state index contributed by atoms with van der Waals surface area (Å²) < 4.78 is 18.2. The monoisotopic (exact) mass is 253 g/mol. The van der Waals surface area contributed by atoms with Crippen molar-refractivity contribution in [3.63, 3.8) is 0 Å². The minimum Gasteiger partial charge on any atom is -0.394 e. The van der Waals surface area contributed by atoms with Gasteiger partial charge in [-0.05, 0) is 17.7 Å². The second-order valence-electron chi connectivity index (χ2n) is 4.31. The van der Waals surface area contributed by atoms with Gasteiger partial charge in [0.1, 0.15) is 5.82 Å². The molecule has 0 aromatic heterocycles.